The lowest BCUT2D eigenvalue weighted by atomic mass is 10.2. The fourth-order valence-electron chi connectivity index (χ4n) is 2.55. The summed E-state index contributed by atoms with van der Waals surface area (Å²) >= 11 is 0. The van der Waals surface area contributed by atoms with Gasteiger partial charge in [-0.2, -0.15) is 0 Å². The van der Waals surface area contributed by atoms with Crippen LogP contribution in [0.1, 0.15) is 18.4 Å². The molecular formula is C16H25NO3. The molecule has 1 aromatic carbocycles. The minimum absolute atomic E-state index is 0.0238. The summed E-state index contributed by atoms with van der Waals surface area (Å²) < 4.78 is 10.9. The number of β-amino-alcohol motifs (C(OH)–C–C–N with tert-alkyl or cyclic N) is 1. The van der Waals surface area contributed by atoms with Gasteiger partial charge in [-0.1, -0.05) is 30.3 Å². The molecule has 1 aromatic rings. The lowest BCUT2D eigenvalue weighted by Crippen LogP contribution is -2.25. The molecule has 20 heavy (non-hydrogen) atoms. The molecule has 0 aromatic heterocycles. The molecule has 1 N–H and O–H groups in total. The van der Waals surface area contributed by atoms with Gasteiger partial charge < -0.3 is 14.6 Å². The molecule has 0 aliphatic carbocycles. The van der Waals surface area contributed by atoms with E-state index in [1.807, 2.05) is 18.2 Å². The van der Waals surface area contributed by atoms with Crippen molar-refractivity contribution in [3.05, 3.63) is 35.9 Å². The number of rotatable bonds is 8. The van der Waals surface area contributed by atoms with Crippen molar-refractivity contribution in [1.29, 1.82) is 0 Å². The lowest BCUT2D eigenvalue weighted by molar-refractivity contribution is 0.0215. The molecule has 0 spiro atoms. The van der Waals surface area contributed by atoms with Gasteiger partial charge in [0.05, 0.1) is 18.8 Å². The summed E-state index contributed by atoms with van der Waals surface area (Å²) in [7, 11) is 1.66. The van der Waals surface area contributed by atoms with Crippen LogP contribution in [0.4, 0.5) is 0 Å². The van der Waals surface area contributed by atoms with E-state index in [0.29, 0.717) is 6.61 Å². The monoisotopic (exact) mass is 279 g/mol. The maximum atomic E-state index is 9.73. The van der Waals surface area contributed by atoms with Crippen molar-refractivity contribution in [1.82, 2.24) is 4.90 Å². The molecule has 1 saturated heterocycles. The van der Waals surface area contributed by atoms with E-state index < -0.39 is 0 Å². The highest BCUT2D eigenvalue weighted by molar-refractivity contribution is 5.13. The number of nitrogens with zero attached hydrogens (tertiary/aromatic N) is 1. The Hall–Kier alpha value is -0.940. The van der Waals surface area contributed by atoms with Crippen molar-refractivity contribution < 1.29 is 14.6 Å². The van der Waals surface area contributed by atoms with Crippen molar-refractivity contribution in [2.24, 2.45) is 0 Å². The van der Waals surface area contributed by atoms with Crippen LogP contribution >= 0.6 is 0 Å². The predicted molar refractivity (Wildman–Crippen MR) is 78.6 cm³/mol. The fourth-order valence-corrected chi connectivity index (χ4v) is 2.55. The molecule has 0 amide bonds. The Labute approximate surface area is 121 Å². The smallest absolute Gasteiger partial charge is 0.0969 e. The highest BCUT2D eigenvalue weighted by Gasteiger charge is 2.30. The molecule has 2 rings (SSSR count). The second-order valence-electron chi connectivity index (χ2n) is 5.35. The normalized spacial score (nSPS) is 23.3. The van der Waals surface area contributed by atoms with E-state index in [4.69, 9.17) is 9.47 Å². The summed E-state index contributed by atoms with van der Waals surface area (Å²) in [5.74, 6) is 0. The molecule has 1 aliphatic heterocycles. The molecule has 4 heteroatoms. The first-order valence-corrected chi connectivity index (χ1v) is 7.34. The number of likely N-dealkylation sites (tertiary alicyclic amines) is 1. The minimum Gasteiger partial charge on any atom is -0.389 e. The van der Waals surface area contributed by atoms with Gasteiger partial charge in [-0.3, -0.25) is 4.90 Å². The molecule has 0 radical (unpaired) electrons. The second-order valence-corrected chi connectivity index (χ2v) is 5.35. The molecule has 1 fully saturated rings. The van der Waals surface area contributed by atoms with E-state index in [1.54, 1.807) is 7.11 Å². The van der Waals surface area contributed by atoms with Crippen molar-refractivity contribution in [3.8, 4) is 0 Å². The lowest BCUT2D eigenvalue weighted by Gasteiger charge is -2.14. The van der Waals surface area contributed by atoms with Gasteiger partial charge in [0.2, 0.25) is 0 Å². The van der Waals surface area contributed by atoms with E-state index in [-0.39, 0.29) is 12.2 Å². The molecule has 0 bridgehead atoms. The Morgan fingerprint density at radius 3 is 2.70 bits per heavy atom. The van der Waals surface area contributed by atoms with Crippen LogP contribution in [0, 0.1) is 0 Å². The van der Waals surface area contributed by atoms with Crippen LogP contribution in [0.15, 0.2) is 30.3 Å². The van der Waals surface area contributed by atoms with Gasteiger partial charge in [0, 0.05) is 26.8 Å². The van der Waals surface area contributed by atoms with Gasteiger partial charge in [-0.05, 0) is 24.9 Å². The standard InChI is InChI=1S/C16H25NO3/c1-19-16-12-17(11-15(16)18)9-5-6-10-20-13-14-7-3-2-4-8-14/h2-4,7-8,15-16,18H,5-6,9-13H2,1H3/t15-,16-/m0/s1. The third-order valence-electron chi connectivity index (χ3n) is 3.74. The van der Waals surface area contributed by atoms with E-state index in [9.17, 15) is 5.11 Å². The van der Waals surface area contributed by atoms with Gasteiger partial charge in [-0.15, -0.1) is 0 Å². The summed E-state index contributed by atoms with van der Waals surface area (Å²) in [5.41, 5.74) is 1.22. The average Bonchev–Trinajstić information content (AvgIpc) is 2.84. The largest absolute Gasteiger partial charge is 0.389 e. The molecule has 1 aliphatic rings. The molecule has 4 nitrogen and oxygen atoms in total. The summed E-state index contributed by atoms with van der Waals surface area (Å²) in [5, 5.41) is 9.73. The van der Waals surface area contributed by atoms with Crippen molar-refractivity contribution in [2.75, 3.05) is 33.4 Å². The number of aliphatic hydroxyl groups excluding tert-OH is 1. The Balaban J connectivity index is 1.50. The second kappa shape index (κ2) is 8.37. The van der Waals surface area contributed by atoms with Crippen molar-refractivity contribution >= 4 is 0 Å². The fraction of sp³-hybridized carbons (Fsp3) is 0.625. The third kappa shape index (κ3) is 4.87. The maximum absolute atomic E-state index is 9.73. The van der Waals surface area contributed by atoms with E-state index >= 15 is 0 Å². The summed E-state index contributed by atoms with van der Waals surface area (Å²) in [6, 6.07) is 10.2. The molecule has 0 unspecified atom stereocenters. The summed E-state index contributed by atoms with van der Waals surface area (Å²) in [6.07, 6.45) is 1.79. The zero-order valence-corrected chi connectivity index (χ0v) is 12.2. The number of benzene rings is 1. The average molecular weight is 279 g/mol. The first-order chi connectivity index (χ1) is 9.79. The van der Waals surface area contributed by atoms with E-state index in [0.717, 1.165) is 39.1 Å². The van der Waals surface area contributed by atoms with Gasteiger partial charge in [0.15, 0.2) is 0 Å². The summed E-state index contributed by atoms with van der Waals surface area (Å²) in [4.78, 5) is 2.26. The molecule has 0 saturated carbocycles. The number of aliphatic hydroxyl groups is 1. The topological polar surface area (TPSA) is 41.9 Å². The number of methoxy groups -OCH3 is 1. The highest BCUT2D eigenvalue weighted by Crippen LogP contribution is 2.13. The van der Waals surface area contributed by atoms with Crippen LogP contribution in [-0.4, -0.2) is 55.6 Å². The highest BCUT2D eigenvalue weighted by atomic mass is 16.5. The Morgan fingerprint density at radius 2 is 2.00 bits per heavy atom. The first-order valence-electron chi connectivity index (χ1n) is 7.34. The van der Waals surface area contributed by atoms with Crippen LogP contribution in [0.2, 0.25) is 0 Å². The minimum atomic E-state index is -0.339. The maximum Gasteiger partial charge on any atom is 0.0969 e. The van der Waals surface area contributed by atoms with Gasteiger partial charge in [0.1, 0.15) is 0 Å². The van der Waals surface area contributed by atoms with Crippen LogP contribution in [0.5, 0.6) is 0 Å². The number of hydrogen-bond donors (Lipinski definition) is 1. The van der Waals surface area contributed by atoms with Crippen LogP contribution in [0.25, 0.3) is 0 Å². The Bertz CT molecular complexity index is 371. The number of hydrogen-bond acceptors (Lipinski definition) is 4. The number of ether oxygens (including phenoxy) is 2. The molecular weight excluding hydrogens is 254 g/mol. The zero-order chi connectivity index (χ0) is 14.2. The van der Waals surface area contributed by atoms with Crippen LogP contribution in [0.3, 0.4) is 0 Å². The number of unbranched alkanes of at least 4 members (excludes halogenated alkanes) is 1. The third-order valence-corrected chi connectivity index (χ3v) is 3.74. The predicted octanol–water partition coefficient (Wildman–Crippen LogP) is 1.67. The van der Waals surface area contributed by atoms with Crippen molar-refractivity contribution in [3.63, 3.8) is 0 Å². The van der Waals surface area contributed by atoms with Gasteiger partial charge in [0.25, 0.3) is 0 Å². The van der Waals surface area contributed by atoms with Gasteiger partial charge in [-0.25, -0.2) is 0 Å². The molecule has 2 atom stereocenters. The quantitative estimate of drug-likeness (QED) is 0.735. The summed E-state index contributed by atoms with van der Waals surface area (Å²) in [6.45, 7) is 4.05. The SMILES string of the molecule is CO[C@H]1CN(CCCCOCc2ccccc2)C[C@@H]1O. The van der Waals surface area contributed by atoms with E-state index in [2.05, 4.69) is 17.0 Å². The van der Waals surface area contributed by atoms with Crippen LogP contribution < -0.4 is 0 Å². The van der Waals surface area contributed by atoms with E-state index in [1.165, 1.54) is 5.56 Å². The molecule has 112 valence electrons. The Kier molecular flexibility index (Phi) is 6.47. The van der Waals surface area contributed by atoms with Crippen molar-refractivity contribution in [2.45, 2.75) is 31.7 Å². The van der Waals surface area contributed by atoms with Gasteiger partial charge >= 0.3 is 0 Å². The molecule has 1 heterocycles. The Morgan fingerprint density at radius 1 is 1.20 bits per heavy atom. The van der Waals surface area contributed by atoms with Crippen LogP contribution in [-0.2, 0) is 16.1 Å². The first kappa shape index (κ1) is 15.4. The zero-order valence-electron chi connectivity index (χ0n) is 12.2.